The molecule has 4 nitrogen and oxygen atoms in total. The number of anilines is 3. The van der Waals surface area contributed by atoms with Gasteiger partial charge in [0.05, 0.1) is 0 Å². The molecule has 2 aromatic carbocycles. The Bertz CT molecular complexity index is 708. The molecule has 0 saturated heterocycles. The summed E-state index contributed by atoms with van der Waals surface area (Å²) in [5.41, 5.74) is 8.80. The minimum atomic E-state index is 0.470. The van der Waals surface area contributed by atoms with Gasteiger partial charge in [-0.05, 0) is 59.0 Å². The maximum Gasteiger partial charge on any atom is 0.300 e. The maximum atomic E-state index is 5.70. The number of benzene rings is 2. The number of hydrogen-bond donors (Lipinski definition) is 2. The summed E-state index contributed by atoms with van der Waals surface area (Å²) in [7, 11) is 0. The third-order valence-electron chi connectivity index (χ3n) is 2.49. The predicted molar refractivity (Wildman–Crippen MR) is 80.9 cm³/mol. The standard InChI is InChI=1S/C13H10IN3O/c14-8-2-1-3-10(6-8)16-13-17-11-7-9(15)4-5-12(11)18-13/h1-7H,15H2,(H,16,17). The van der Waals surface area contributed by atoms with Crippen LogP contribution in [-0.4, -0.2) is 4.98 Å². The first kappa shape index (κ1) is 11.3. The van der Waals surface area contributed by atoms with Gasteiger partial charge in [0, 0.05) is 14.9 Å². The molecule has 0 aliphatic carbocycles. The van der Waals surface area contributed by atoms with Gasteiger partial charge in [0.15, 0.2) is 5.58 Å². The first-order valence-electron chi connectivity index (χ1n) is 5.39. The second-order valence-electron chi connectivity index (χ2n) is 3.88. The van der Waals surface area contributed by atoms with Gasteiger partial charge in [-0.15, -0.1) is 0 Å². The summed E-state index contributed by atoms with van der Waals surface area (Å²) >= 11 is 2.26. The van der Waals surface area contributed by atoms with Crippen molar-refractivity contribution in [2.45, 2.75) is 0 Å². The number of hydrogen-bond acceptors (Lipinski definition) is 4. The van der Waals surface area contributed by atoms with E-state index in [4.69, 9.17) is 10.2 Å². The fraction of sp³-hybridized carbons (Fsp3) is 0. The van der Waals surface area contributed by atoms with E-state index in [-0.39, 0.29) is 0 Å². The second kappa shape index (κ2) is 4.49. The van der Waals surface area contributed by atoms with Gasteiger partial charge in [-0.3, -0.25) is 0 Å². The average Bonchev–Trinajstić information content (AvgIpc) is 2.70. The largest absolute Gasteiger partial charge is 0.423 e. The highest BCUT2D eigenvalue weighted by molar-refractivity contribution is 14.1. The number of oxazole rings is 1. The van der Waals surface area contributed by atoms with Crippen molar-refractivity contribution in [3.05, 3.63) is 46.0 Å². The highest BCUT2D eigenvalue weighted by atomic mass is 127. The molecule has 0 fully saturated rings. The molecule has 1 aromatic heterocycles. The topological polar surface area (TPSA) is 64.1 Å². The summed E-state index contributed by atoms with van der Waals surface area (Å²) in [6.45, 7) is 0. The van der Waals surface area contributed by atoms with Crippen molar-refractivity contribution >= 4 is 51.1 Å². The fourth-order valence-corrected chi connectivity index (χ4v) is 2.23. The van der Waals surface area contributed by atoms with Crippen LogP contribution in [0.5, 0.6) is 0 Å². The van der Waals surface area contributed by atoms with Crippen LogP contribution in [0.1, 0.15) is 0 Å². The van der Waals surface area contributed by atoms with Crippen LogP contribution in [0.15, 0.2) is 46.9 Å². The Morgan fingerprint density at radius 2 is 2.06 bits per heavy atom. The molecule has 3 rings (SSSR count). The maximum absolute atomic E-state index is 5.70. The number of nitrogens with one attached hydrogen (secondary N) is 1. The minimum Gasteiger partial charge on any atom is -0.423 e. The van der Waals surface area contributed by atoms with Crippen molar-refractivity contribution in [2.75, 3.05) is 11.1 Å². The molecular weight excluding hydrogens is 341 g/mol. The minimum absolute atomic E-state index is 0.470. The molecule has 0 atom stereocenters. The normalized spacial score (nSPS) is 10.7. The summed E-state index contributed by atoms with van der Waals surface area (Å²) in [4.78, 5) is 4.34. The SMILES string of the molecule is Nc1ccc2oc(Nc3cccc(I)c3)nc2c1. The smallest absolute Gasteiger partial charge is 0.300 e. The number of nitrogen functional groups attached to an aromatic ring is 1. The number of nitrogens with zero attached hydrogens (tertiary/aromatic N) is 1. The molecule has 0 amide bonds. The lowest BCUT2D eigenvalue weighted by Crippen LogP contribution is -1.90. The van der Waals surface area contributed by atoms with Crippen LogP contribution in [0.25, 0.3) is 11.1 Å². The van der Waals surface area contributed by atoms with Gasteiger partial charge in [0.1, 0.15) is 5.52 Å². The molecule has 0 saturated carbocycles. The van der Waals surface area contributed by atoms with Crippen LogP contribution in [-0.2, 0) is 0 Å². The van der Waals surface area contributed by atoms with Gasteiger partial charge in [0.25, 0.3) is 6.01 Å². The highest BCUT2D eigenvalue weighted by Gasteiger charge is 2.06. The van der Waals surface area contributed by atoms with E-state index in [1.54, 1.807) is 12.1 Å². The molecule has 0 aliphatic rings. The molecule has 3 aromatic rings. The van der Waals surface area contributed by atoms with Crippen LogP contribution in [0.2, 0.25) is 0 Å². The molecule has 0 radical (unpaired) electrons. The monoisotopic (exact) mass is 351 g/mol. The molecule has 5 heteroatoms. The number of aromatic nitrogens is 1. The van der Waals surface area contributed by atoms with E-state index in [0.29, 0.717) is 11.7 Å². The van der Waals surface area contributed by atoms with Gasteiger partial charge >= 0.3 is 0 Å². The average molecular weight is 351 g/mol. The Morgan fingerprint density at radius 1 is 1.17 bits per heavy atom. The predicted octanol–water partition coefficient (Wildman–Crippen LogP) is 3.76. The Labute approximate surface area is 117 Å². The zero-order valence-electron chi connectivity index (χ0n) is 9.35. The van der Waals surface area contributed by atoms with Crippen LogP contribution < -0.4 is 11.1 Å². The lowest BCUT2D eigenvalue weighted by Gasteiger charge is -2.00. The van der Waals surface area contributed by atoms with Gasteiger partial charge in [0.2, 0.25) is 0 Å². The van der Waals surface area contributed by atoms with Crippen molar-refractivity contribution in [3.8, 4) is 0 Å². The summed E-state index contributed by atoms with van der Waals surface area (Å²) in [5.74, 6) is 0. The van der Waals surface area contributed by atoms with Crippen molar-refractivity contribution in [1.29, 1.82) is 0 Å². The van der Waals surface area contributed by atoms with E-state index < -0.39 is 0 Å². The van der Waals surface area contributed by atoms with Crippen LogP contribution in [0, 0.1) is 3.57 Å². The van der Waals surface area contributed by atoms with Gasteiger partial charge in [-0.1, -0.05) is 6.07 Å². The number of fused-ring (bicyclic) bond motifs is 1. The lowest BCUT2D eigenvalue weighted by molar-refractivity contribution is 0.623. The van der Waals surface area contributed by atoms with E-state index in [0.717, 1.165) is 20.4 Å². The molecular formula is C13H10IN3O. The molecule has 3 N–H and O–H groups in total. The quantitative estimate of drug-likeness (QED) is 0.545. The van der Waals surface area contributed by atoms with Crippen molar-refractivity contribution in [1.82, 2.24) is 4.98 Å². The van der Waals surface area contributed by atoms with Crippen LogP contribution in [0.3, 0.4) is 0 Å². The number of nitrogens with two attached hydrogens (primary N) is 1. The summed E-state index contributed by atoms with van der Waals surface area (Å²) in [6, 6.07) is 13.9. The van der Waals surface area contributed by atoms with Gasteiger partial charge < -0.3 is 15.5 Å². The molecule has 0 unspecified atom stereocenters. The lowest BCUT2D eigenvalue weighted by atomic mass is 10.3. The Hall–Kier alpha value is -1.76. The molecule has 1 heterocycles. The van der Waals surface area contributed by atoms with E-state index in [1.165, 1.54) is 0 Å². The Balaban J connectivity index is 1.95. The van der Waals surface area contributed by atoms with E-state index >= 15 is 0 Å². The zero-order valence-corrected chi connectivity index (χ0v) is 11.5. The Kier molecular flexibility index (Phi) is 2.83. The molecule has 90 valence electrons. The van der Waals surface area contributed by atoms with Gasteiger partial charge in [-0.2, -0.15) is 4.98 Å². The first-order valence-corrected chi connectivity index (χ1v) is 6.47. The fourth-order valence-electron chi connectivity index (χ4n) is 1.69. The van der Waals surface area contributed by atoms with Crippen molar-refractivity contribution in [3.63, 3.8) is 0 Å². The van der Waals surface area contributed by atoms with E-state index in [1.807, 2.05) is 30.3 Å². The summed E-state index contributed by atoms with van der Waals surface area (Å²) < 4.78 is 6.74. The summed E-state index contributed by atoms with van der Waals surface area (Å²) in [6.07, 6.45) is 0. The molecule has 0 aliphatic heterocycles. The Morgan fingerprint density at radius 3 is 2.89 bits per heavy atom. The van der Waals surface area contributed by atoms with Crippen LogP contribution in [0.4, 0.5) is 17.4 Å². The molecule has 18 heavy (non-hydrogen) atoms. The summed E-state index contributed by atoms with van der Waals surface area (Å²) in [5, 5.41) is 3.13. The zero-order chi connectivity index (χ0) is 12.5. The molecule has 0 spiro atoms. The van der Waals surface area contributed by atoms with Crippen molar-refractivity contribution in [2.24, 2.45) is 0 Å². The van der Waals surface area contributed by atoms with E-state index in [9.17, 15) is 0 Å². The third kappa shape index (κ3) is 2.26. The van der Waals surface area contributed by atoms with Crippen molar-refractivity contribution < 1.29 is 4.42 Å². The van der Waals surface area contributed by atoms with Gasteiger partial charge in [-0.25, -0.2) is 0 Å². The number of halogens is 1. The van der Waals surface area contributed by atoms with Crippen LogP contribution >= 0.6 is 22.6 Å². The van der Waals surface area contributed by atoms with E-state index in [2.05, 4.69) is 32.9 Å². The number of rotatable bonds is 2. The third-order valence-corrected chi connectivity index (χ3v) is 3.16. The molecule has 0 bridgehead atoms. The second-order valence-corrected chi connectivity index (χ2v) is 5.13. The first-order chi connectivity index (χ1) is 8.70. The highest BCUT2D eigenvalue weighted by Crippen LogP contribution is 2.24.